The summed E-state index contributed by atoms with van der Waals surface area (Å²) in [6.45, 7) is 9.37. The monoisotopic (exact) mass is 437 g/mol. The number of aryl methyl sites for hydroxylation is 2. The molecule has 0 radical (unpaired) electrons. The molecule has 0 bridgehead atoms. The Morgan fingerprint density at radius 3 is 2.42 bits per heavy atom. The van der Waals surface area contributed by atoms with E-state index in [-0.39, 0.29) is 4.90 Å². The number of hydrogen-bond donors (Lipinski definition) is 1. The van der Waals surface area contributed by atoms with Crippen molar-refractivity contribution >= 4 is 26.4 Å². The lowest BCUT2D eigenvalue weighted by Gasteiger charge is -2.21. The smallest absolute Gasteiger partial charge is 0.207 e. The van der Waals surface area contributed by atoms with E-state index in [0.717, 1.165) is 35.0 Å². The molecule has 0 aliphatic rings. The van der Waals surface area contributed by atoms with Gasteiger partial charge in [0.15, 0.2) is 11.5 Å². The molecular weight excluding hydrogens is 410 g/mol. The molecule has 0 saturated heterocycles. The van der Waals surface area contributed by atoms with Gasteiger partial charge in [-0.25, -0.2) is 13.1 Å². The molecule has 2 heterocycles. The van der Waals surface area contributed by atoms with Gasteiger partial charge in [0, 0.05) is 28.3 Å². The van der Waals surface area contributed by atoms with Gasteiger partial charge >= 0.3 is 0 Å². The predicted molar refractivity (Wildman–Crippen MR) is 123 cm³/mol. The first-order valence-corrected chi connectivity index (χ1v) is 11.9. The highest BCUT2D eigenvalue weighted by atomic mass is 32.2. The van der Waals surface area contributed by atoms with Crippen molar-refractivity contribution in [3.63, 3.8) is 0 Å². The van der Waals surface area contributed by atoms with Gasteiger partial charge in [-0.05, 0) is 45.7 Å². The van der Waals surface area contributed by atoms with Crippen LogP contribution in [0.4, 0.5) is 0 Å². The molecule has 4 aromatic rings. The number of hydrogen-bond acceptors (Lipinski definition) is 5. The van der Waals surface area contributed by atoms with Crippen molar-refractivity contribution in [2.24, 2.45) is 0 Å². The van der Waals surface area contributed by atoms with Gasteiger partial charge in [0.1, 0.15) is 0 Å². The molecule has 0 aliphatic carbocycles. The van der Waals surface area contributed by atoms with E-state index in [1.807, 2.05) is 57.2 Å². The van der Waals surface area contributed by atoms with Crippen molar-refractivity contribution in [2.75, 3.05) is 0 Å². The molecule has 0 aliphatic heterocycles. The van der Waals surface area contributed by atoms with Gasteiger partial charge in [-0.3, -0.25) is 0 Å². The second-order valence-corrected chi connectivity index (χ2v) is 10.5. The van der Waals surface area contributed by atoms with Crippen LogP contribution >= 0.6 is 0 Å². The number of fused-ring (bicyclic) bond motifs is 3. The number of nitrogens with zero attached hydrogens (tertiary/aromatic N) is 4. The zero-order chi connectivity index (χ0) is 22.4. The average molecular weight is 438 g/mol. The number of aromatic nitrogens is 4. The Kier molecular flexibility index (Phi) is 5.31. The zero-order valence-electron chi connectivity index (χ0n) is 18.5. The minimum absolute atomic E-state index is 0.253. The second kappa shape index (κ2) is 7.69. The van der Waals surface area contributed by atoms with Gasteiger partial charge in [0.25, 0.3) is 0 Å². The van der Waals surface area contributed by atoms with Crippen LogP contribution in [0.25, 0.3) is 27.7 Å². The maximum Gasteiger partial charge on any atom is 0.241 e. The summed E-state index contributed by atoms with van der Waals surface area (Å²) in [5.41, 5.74) is 2.24. The molecule has 1 N–H and O–H groups in total. The largest absolute Gasteiger partial charge is 0.241 e. The lowest BCUT2D eigenvalue weighted by molar-refractivity contribution is 0.491. The van der Waals surface area contributed by atoms with Gasteiger partial charge < -0.3 is 0 Å². The number of rotatable bonds is 5. The standard InChI is InChI=1S/C23H27N5O2S/c1-6-9-20-24-25-22-18-11-8-7-10-17(18)21(26-28(20)22)16-13-12-15(2)19(14-16)31(29,30)27-23(3,4)5/h7-8,10-14,27H,6,9H2,1-5H3. The van der Waals surface area contributed by atoms with Crippen LogP contribution in [-0.2, 0) is 16.4 Å². The summed E-state index contributed by atoms with van der Waals surface area (Å²) in [7, 11) is -3.69. The van der Waals surface area contributed by atoms with Crippen LogP contribution in [0.5, 0.6) is 0 Å². The second-order valence-electron chi connectivity index (χ2n) is 8.83. The molecule has 0 atom stereocenters. The highest BCUT2D eigenvalue weighted by Crippen LogP contribution is 2.31. The Morgan fingerprint density at radius 2 is 1.74 bits per heavy atom. The lowest BCUT2D eigenvalue weighted by Crippen LogP contribution is -2.40. The third kappa shape index (κ3) is 4.05. The summed E-state index contributed by atoms with van der Waals surface area (Å²) in [5.74, 6) is 0.791. The van der Waals surface area contributed by atoms with E-state index < -0.39 is 15.6 Å². The summed E-state index contributed by atoms with van der Waals surface area (Å²) < 4.78 is 30.7. The molecule has 0 amide bonds. The number of sulfonamides is 1. The lowest BCUT2D eigenvalue weighted by atomic mass is 10.0. The topological polar surface area (TPSA) is 89.2 Å². The molecular formula is C23H27N5O2S. The SMILES string of the molecule is CCCc1nnc2c3ccccc3c(-c3ccc(C)c(S(=O)(=O)NC(C)(C)C)c3)nn12. The Bertz CT molecular complexity index is 1380. The molecule has 0 saturated carbocycles. The Morgan fingerprint density at radius 1 is 1.03 bits per heavy atom. The number of benzene rings is 2. The van der Waals surface area contributed by atoms with Crippen LogP contribution in [0.3, 0.4) is 0 Å². The Labute approximate surface area is 182 Å². The Hall–Kier alpha value is -2.84. The van der Waals surface area contributed by atoms with Crippen molar-refractivity contribution in [3.05, 3.63) is 53.9 Å². The first kappa shape index (κ1) is 21.4. The van der Waals surface area contributed by atoms with E-state index in [9.17, 15) is 8.42 Å². The van der Waals surface area contributed by atoms with Crippen LogP contribution in [0.1, 0.15) is 45.5 Å². The van der Waals surface area contributed by atoms with Crippen molar-refractivity contribution < 1.29 is 8.42 Å². The van der Waals surface area contributed by atoms with E-state index >= 15 is 0 Å². The van der Waals surface area contributed by atoms with E-state index in [4.69, 9.17) is 5.10 Å². The maximum absolute atomic E-state index is 13.1. The Balaban J connectivity index is 1.97. The molecule has 0 fully saturated rings. The van der Waals surface area contributed by atoms with Crippen LogP contribution < -0.4 is 4.72 Å². The molecule has 4 rings (SSSR count). The quantitative estimate of drug-likeness (QED) is 0.503. The van der Waals surface area contributed by atoms with E-state index in [1.54, 1.807) is 17.5 Å². The van der Waals surface area contributed by atoms with Crippen molar-refractivity contribution in [2.45, 2.75) is 57.9 Å². The summed E-state index contributed by atoms with van der Waals surface area (Å²) in [5, 5.41) is 15.4. The first-order chi connectivity index (χ1) is 14.6. The highest BCUT2D eigenvalue weighted by molar-refractivity contribution is 7.89. The zero-order valence-corrected chi connectivity index (χ0v) is 19.3. The van der Waals surface area contributed by atoms with Crippen molar-refractivity contribution in [1.29, 1.82) is 0 Å². The average Bonchev–Trinajstić information content (AvgIpc) is 3.09. The van der Waals surface area contributed by atoms with E-state index in [0.29, 0.717) is 16.9 Å². The van der Waals surface area contributed by atoms with Crippen LogP contribution in [-0.4, -0.2) is 33.8 Å². The summed E-state index contributed by atoms with van der Waals surface area (Å²) in [4.78, 5) is 0.253. The summed E-state index contributed by atoms with van der Waals surface area (Å²) in [6.07, 6.45) is 1.69. The minimum Gasteiger partial charge on any atom is -0.207 e. The fourth-order valence-corrected chi connectivity index (χ4v) is 5.40. The molecule has 0 unspecified atom stereocenters. The van der Waals surface area contributed by atoms with Gasteiger partial charge in [-0.2, -0.15) is 9.61 Å². The minimum atomic E-state index is -3.69. The molecule has 0 spiro atoms. The predicted octanol–water partition coefficient (Wildman–Crippen LogP) is 4.28. The number of nitrogens with one attached hydrogen (secondary N) is 1. The third-order valence-corrected chi connectivity index (χ3v) is 6.89. The van der Waals surface area contributed by atoms with Gasteiger partial charge in [0.05, 0.1) is 10.6 Å². The third-order valence-electron chi connectivity index (χ3n) is 4.99. The van der Waals surface area contributed by atoms with Crippen molar-refractivity contribution in [3.8, 4) is 11.3 Å². The molecule has 31 heavy (non-hydrogen) atoms. The van der Waals surface area contributed by atoms with Crippen LogP contribution in [0.2, 0.25) is 0 Å². The molecule has 2 aromatic heterocycles. The summed E-state index contributed by atoms with van der Waals surface area (Å²) >= 11 is 0. The van der Waals surface area contributed by atoms with Gasteiger partial charge in [-0.1, -0.05) is 43.3 Å². The van der Waals surface area contributed by atoms with Crippen LogP contribution in [0, 0.1) is 6.92 Å². The van der Waals surface area contributed by atoms with E-state index in [2.05, 4.69) is 21.8 Å². The maximum atomic E-state index is 13.1. The normalized spacial score (nSPS) is 12.7. The molecule has 2 aromatic carbocycles. The first-order valence-electron chi connectivity index (χ1n) is 10.4. The summed E-state index contributed by atoms with van der Waals surface area (Å²) in [6, 6.07) is 13.3. The fraction of sp³-hybridized carbons (Fsp3) is 0.348. The van der Waals surface area contributed by atoms with Gasteiger partial charge in [-0.15, -0.1) is 10.2 Å². The highest BCUT2D eigenvalue weighted by Gasteiger charge is 2.25. The van der Waals surface area contributed by atoms with Gasteiger partial charge in [0.2, 0.25) is 10.0 Å². The molecule has 162 valence electrons. The van der Waals surface area contributed by atoms with Crippen LogP contribution in [0.15, 0.2) is 47.4 Å². The van der Waals surface area contributed by atoms with E-state index in [1.165, 1.54) is 0 Å². The van der Waals surface area contributed by atoms with Crippen molar-refractivity contribution in [1.82, 2.24) is 24.5 Å². The molecule has 8 heteroatoms. The molecule has 7 nitrogen and oxygen atoms in total. The fourth-order valence-electron chi connectivity index (χ4n) is 3.71.